The molecule has 0 amide bonds. The van der Waals surface area contributed by atoms with E-state index < -0.39 is 0 Å². The second-order valence-corrected chi connectivity index (χ2v) is 5.20. The van der Waals surface area contributed by atoms with E-state index in [9.17, 15) is 0 Å². The van der Waals surface area contributed by atoms with Crippen molar-refractivity contribution < 1.29 is 4.74 Å². The van der Waals surface area contributed by atoms with Gasteiger partial charge in [0.1, 0.15) is 5.75 Å². The molecule has 1 unspecified atom stereocenters. The van der Waals surface area contributed by atoms with E-state index in [1.807, 2.05) is 6.92 Å². The molecule has 0 bridgehead atoms. The first-order chi connectivity index (χ1) is 9.23. The first kappa shape index (κ1) is 14.4. The number of hydrogen-bond donors (Lipinski definition) is 1. The molecule has 0 spiro atoms. The maximum absolute atomic E-state index is 5.84. The summed E-state index contributed by atoms with van der Waals surface area (Å²) in [4.78, 5) is 2.56. The summed E-state index contributed by atoms with van der Waals surface area (Å²) in [6.45, 7) is 9.93. The Morgan fingerprint density at radius 3 is 2.63 bits per heavy atom. The Morgan fingerprint density at radius 1 is 1.26 bits per heavy atom. The zero-order valence-corrected chi connectivity index (χ0v) is 12.4. The summed E-state index contributed by atoms with van der Waals surface area (Å²) in [5.74, 6) is 0.967. The average molecular weight is 262 g/mol. The molecule has 106 valence electrons. The highest BCUT2D eigenvalue weighted by Gasteiger charge is 2.24. The summed E-state index contributed by atoms with van der Waals surface area (Å²) in [5, 5.41) is 0. The highest BCUT2D eigenvalue weighted by Crippen LogP contribution is 2.30. The second-order valence-electron chi connectivity index (χ2n) is 5.20. The van der Waals surface area contributed by atoms with Crippen LogP contribution in [0.15, 0.2) is 12.1 Å². The van der Waals surface area contributed by atoms with Gasteiger partial charge >= 0.3 is 0 Å². The molecular formula is C16H26N2O. The molecule has 0 saturated heterocycles. The van der Waals surface area contributed by atoms with Crippen LogP contribution in [0.1, 0.15) is 43.9 Å². The molecule has 0 saturated carbocycles. The van der Waals surface area contributed by atoms with Crippen LogP contribution in [0.3, 0.4) is 0 Å². The third kappa shape index (κ3) is 2.93. The number of nitrogens with zero attached hydrogens (tertiary/aromatic N) is 1. The Labute approximate surface area is 116 Å². The minimum Gasteiger partial charge on any atom is -0.494 e. The van der Waals surface area contributed by atoms with Crippen LogP contribution in [0.25, 0.3) is 0 Å². The van der Waals surface area contributed by atoms with Crippen molar-refractivity contribution in [1.29, 1.82) is 0 Å². The molecule has 1 atom stereocenters. The van der Waals surface area contributed by atoms with Crippen LogP contribution >= 0.6 is 0 Å². The Bertz CT molecular complexity index is 431. The van der Waals surface area contributed by atoms with Crippen molar-refractivity contribution in [2.45, 2.75) is 52.7 Å². The van der Waals surface area contributed by atoms with E-state index >= 15 is 0 Å². The Hall–Kier alpha value is -1.06. The largest absolute Gasteiger partial charge is 0.494 e. The van der Waals surface area contributed by atoms with Crippen LogP contribution in [0, 0.1) is 0 Å². The molecule has 1 aliphatic heterocycles. The topological polar surface area (TPSA) is 38.5 Å². The summed E-state index contributed by atoms with van der Waals surface area (Å²) in [5.41, 5.74) is 9.85. The highest BCUT2D eigenvalue weighted by atomic mass is 16.5. The van der Waals surface area contributed by atoms with Crippen LogP contribution in [-0.4, -0.2) is 24.1 Å². The van der Waals surface area contributed by atoms with E-state index in [1.54, 1.807) is 0 Å². The summed E-state index contributed by atoms with van der Waals surface area (Å²) >= 11 is 0. The van der Waals surface area contributed by atoms with Gasteiger partial charge in [-0.3, -0.25) is 4.90 Å². The quantitative estimate of drug-likeness (QED) is 0.886. The van der Waals surface area contributed by atoms with Gasteiger partial charge < -0.3 is 10.5 Å². The fraction of sp³-hybridized carbons (Fsp3) is 0.625. The van der Waals surface area contributed by atoms with Crippen molar-refractivity contribution in [2.75, 3.05) is 13.2 Å². The second kappa shape index (κ2) is 6.40. The predicted molar refractivity (Wildman–Crippen MR) is 79.4 cm³/mol. The third-order valence-corrected chi connectivity index (χ3v) is 4.13. The van der Waals surface area contributed by atoms with Crippen molar-refractivity contribution in [3.05, 3.63) is 28.8 Å². The zero-order valence-electron chi connectivity index (χ0n) is 12.4. The van der Waals surface area contributed by atoms with E-state index in [-0.39, 0.29) is 0 Å². The first-order valence-corrected chi connectivity index (χ1v) is 7.44. The normalized spacial score (nSPS) is 19.3. The van der Waals surface area contributed by atoms with Crippen molar-refractivity contribution in [3.63, 3.8) is 0 Å². The van der Waals surface area contributed by atoms with Crippen molar-refractivity contribution >= 4 is 0 Å². The molecule has 19 heavy (non-hydrogen) atoms. The smallest absolute Gasteiger partial charge is 0.124 e. The van der Waals surface area contributed by atoms with Gasteiger partial charge in [0.05, 0.1) is 6.61 Å². The monoisotopic (exact) mass is 262 g/mol. The summed E-state index contributed by atoms with van der Waals surface area (Å²) in [7, 11) is 0. The van der Waals surface area contributed by atoms with Crippen LogP contribution < -0.4 is 10.5 Å². The Morgan fingerprint density at radius 2 is 2.05 bits per heavy atom. The Balaban J connectivity index is 2.34. The fourth-order valence-corrected chi connectivity index (χ4v) is 3.01. The lowest BCUT2D eigenvalue weighted by molar-refractivity contribution is 0.175. The maximum atomic E-state index is 5.84. The number of hydrogen-bond acceptors (Lipinski definition) is 3. The van der Waals surface area contributed by atoms with Crippen LogP contribution in [0.2, 0.25) is 0 Å². The first-order valence-electron chi connectivity index (χ1n) is 7.44. The van der Waals surface area contributed by atoms with E-state index in [1.165, 1.54) is 17.5 Å². The number of nitrogens with two attached hydrogens (primary N) is 1. The van der Waals surface area contributed by atoms with Gasteiger partial charge in [-0.05, 0) is 43.5 Å². The molecule has 0 aliphatic carbocycles. The predicted octanol–water partition coefficient (Wildman–Crippen LogP) is 2.70. The molecule has 3 heteroatoms. The summed E-state index contributed by atoms with van der Waals surface area (Å²) in [6, 6.07) is 5.13. The number of benzene rings is 1. The van der Waals surface area contributed by atoms with Crippen molar-refractivity contribution in [1.82, 2.24) is 4.90 Å². The van der Waals surface area contributed by atoms with E-state index in [4.69, 9.17) is 10.5 Å². The molecule has 0 fully saturated rings. The number of ether oxygens (including phenoxy) is 1. The van der Waals surface area contributed by atoms with Crippen LogP contribution in [-0.2, 0) is 19.5 Å². The number of fused-ring (bicyclic) bond motifs is 1. The molecule has 1 heterocycles. The zero-order chi connectivity index (χ0) is 13.8. The van der Waals surface area contributed by atoms with E-state index in [0.29, 0.717) is 19.2 Å². The van der Waals surface area contributed by atoms with E-state index in [2.05, 4.69) is 30.9 Å². The van der Waals surface area contributed by atoms with Gasteiger partial charge in [-0.15, -0.1) is 0 Å². The molecule has 1 aliphatic rings. The maximum Gasteiger partial charge on any atom is 0.124 e. The van der Waals surface area contributed by atoms with Gasteiger partial charge in [0, 0.05) is 24.7 Å². The lowest BCUT2D eigenvalue weighted by Crippen LogP contribution is -2.39. The average Bonchev–Trinajstić information content (AvgIpc) is 2.45. The summed E-state index contributed by atoms with van der Waals surface area (Å²) < 4.78 is 5.72. The number of likely N-dealkylation sites (N-methyl/N-ethyl adjacent to an activating group) is 1. The third-order valence-electron chi connectivity index (χ3n) is 4.13. The van der Waals surface area contributed by atoms with Gasteiger partial charge in [0.25, 0.3) is 0 Å². The molecule has 1 aromatic rings. The van der Waals surface area contributed by atoms with Gasteiger partial charge in [0.15, 0.2) is 0 Å². The van der Waals surface area contributed by atoms with Gasteiger partial charge in [0.2, 0.25) is 0 Å². The van der Waals surface area contributed by atoms with Crippen LogP contribution in [0.4, 0.5) is 0 Å². The minimum atomic E-state index is 0.552. The van der Waals surface area contributed by atoms with Gasteiger partial charge in [-0.2, -0.15) is 0 Å². The molecule has 0 aromatic heterocycles. The van der Waals surface area contributed by atoms with Gasteiger partial charge in [-0.1, -0.05) is 19.9 Å². The SMILES string of the molecule is CCOc1cc2c(cc1CN)CC(CC)N(CC)C2. The van der Waals surface area contributed by atoms with Crippen LogP contribution in [0.5, 0.6) is 5.75 Å². The number of rotatable bonds is 5. The Kier molecular flexibility index (Phi) is 4.83. The van der Waals surface area contributed by atoms with Crippen molar-refractivity contribution in [2.24, 2.45) is 5.73 Å². The summed E-state index contributed by atoms with van der Waals surface area (Å²) in [6.07, 6.45) is 2.34. The standard InChI is InChI=1S/C16H26N2O/c1-4-15-8-12-7-13(10-17)16(19-6-3)9-14(12)11-18(15)5-2/h7,9,15H,4-6,8,10-11,17H2,1-3H3. The molecular weight excluding hydrogens is 236 g/mol. The fourth-order valence-electron chi connectivity index (χ4n) is 3.01. The van der Waals surface area contributed by atoms with E-state index in [0.717, 1.165) is 30.8 Å². The molecule has 2 rings (SSSR count). The minimum absolute atomic E-state index is 0.552. The molecule has 3 nitrogen and oxygen atoms in total. The van der Waals surface area contributed by atoms with Gasteiger partial charge in [-0.25, -0.2) is 0 Å². The lowest BCUT2D eigenvalue weighted by Gasteiger charge is -2.36. The van der Waals surface area contributed by atoms with Crippen molar-refractivity contribution in [3.8, 4) is 5.75 Å². The highest BCUT2D eigenvalue weighted by molar-refractivity contribution is 5.44. The molecule has 2 N–H and O–H groups in total. The molecule has 0 radical (unpaired) electrons. The molecule has 1 aromatic carbocycles. The lowest BCUT2D eigenvalue weighted by atomic mass is 9.90.